The lowest BCUT2D eigenvalue weighted by atomic mass is 10.0. The number of ether oxygens (including phenoxy) is 2. The predicted molar refractivity (Wildman–Crippen MR) is 75.3 cm³/mol. The molecule has 0 unspecified atom stereocenters. The first-order valence-electron chi connectivity index (χ1n) is 6.73. The molecule has 0 saturated heterocycles. The minimum Gasteiger partial charge on any atom is -0.496 e. The molecule has 0 aliphatic carbocycles. The SMILES string of the molecule is CCNCc1ccc(OC)c(CCC(=O)OCC)c1. The number of carbonyl (C=O) groups is 1. The van der Waals surface area contributed by atoms with Crippen LogP contribution in [0.1, 0.15) is 31.4 Å². The maximum Gasteiger partial charge on any atom is 0.306 e. The molecule has 0 aromatic heterocycles. The number of esters is 1. The van der Waals surface area contributed by atoms with Crippen molar-refractivity contribution in [2.24, 2.45) is 0 Å². The van der Waals surface area contributed by atoms with E-state index in [1.165, 1.54) is 5.56 Å². The average Bonchev–Trinajstić information content (AvgIpc) is 2.43. The number of nitrogens with one attached hydrogen (secondary N) is 1. The van der Waals surface area contributed by atoms with Crippen LogP contribution in [0.2, 0.25) is 0 Å². The summed E-state index contributed by atoms with van der Waals surface area (Å²) in [6.45, 7) is 6.08. The second-order valence-corrected chi connectivity index (χ2v) is 4.23. The van der Waals surface area contributed by atoms with Gasteiger partial charge in [0, 0.05) is 13.0 Å². The Balaban J connectivity index is 2.69. The van der Waals surface area contributed by atoms with E-state index in [1.54, 1.807) is 7.11 Å². The molecule has 0 atom stereocenters. The lowest BCUT2D eigenvalue weighted by molar-refractivity contribution is -0.143. The van der Waals surface area contributed by atoms with Crippen LogP contribution < -0.4 is 10.1 Å². The van der Waals surface area contributed by atoms with Gasteiger partial charge in [0.05, 0.1) is 13.7 Å². The van der Waals surface area contributed by atoms with E-state index >= 15 is 0 Å². The lowest BCUT2D eigenvalue weighted by Gasteiger charge is -2.11. The molecular weight excluding hydrogens is 242 g/mol. The van der Waals surface area contributed by atoms with Crippen molar-refractivity contribution in [1.82, 2.24) is 5.32 Å². The van der Waals surface area contributed by atoms with Crippen molar-refractivity contribution in [3.63, 3.8) is 0 Å². The molecule has 106 valence electrons. The van der Waals surface area contributed by atoms with E-state index in [2.05, 4.69) is 18.3 Å². The maximum atomic E-state index is 11.4. The quantitative estimate of drug-likeness (QED) is 0.733. The van der Waals surface area contributed by atoms with Gasteiger partial charge in [-0.05, 0) is 37.1 Å². The van der Waals surface area contributed by atoms with Crippen LogP contribution in [0.4, 0.5) is 0 Å². The van der Waals surface area contributed by atoms with Crippen LogP contribution in [0, 0.1) is 0 Å². The van der Waals surface area contributed by atoms with Gasteiger partial charge in [0.15, 0.2) is 0 Å². The molecule has 0 spiro atoms. The second kappa shape index (κ2) is 8.53. The van der Waals surface area contributed by atoms with E-state index < -0.39 is 0 Å². The van der Waals surface area contributed by atoms with Crippen molar-refractivity contribution in [3.8, 4) is 5.75 Å². The fraction of sp³-hybridized carbons (Fsp3) is 0.533. The summed E-state index contributed by atoms with van der Waals surface area (Å²) < 4.78 is 10.3. The molecule has 1 aromatic rings. The van der Waals surface area contributed by atoms with Gasteiger partial charge in [-0.15, -0.1) is 0 Å². The topological polar surface area (TPSA) is 47.6 Å². The highest BCUT2D eigenvalue weighted by molar-refractivity contribution is 5.69. The van der Waals surface area contributed by atoms with Crippen LogP contribution in [0.5, 0.6) is 5.75 Å². The van der Waals surface area contributed by atoms with Crippen LogP contribution >= 0.6 is 0 Å². The molecule has 0 saturated carbocycles. The Morgan fingerprint density at radius 3 is 2.74 bits per heavy atom. The fourth-order valence-electron chi connectivity index (χ4n) is 1.88. The monoisotopic (exact) mass is 265 g/mol. The van der Waals surface area contributed by atoms with E-state index in [1.807, 2.05) is 19.1 Å². The zero-order valence-electron chi connectivity index (χ0n) is 12.0. The standard InChI is InChI=1S/C15H23NO3/c1-4-16-11-12-6-8-14(18-3)13(10-12)7-9-15(17)19-5-2/h6,8,10,16H,4-5,7,9,11H2,1-3H3. The van der Waals surface area contributed by atoms with Crippen molar-refractivity contribution < 1.29 is 14.3 Å². The summed E-state index contributed by atoms with van der Waals surface area (Å²) in [6, 6.07) is 6.07. The summed E-state index contributed by atoms with van der Waals surface area (Å²) in [4.78, 5) is 11.4. The van der Waals surface area contributed by atoms with E-state index in [9.17, 15) is 4.79 Å². The van der Waals surface area contributed by atoms with E-state index in [0.717, 1.165) is 24.4 Å². The number of hydrogen-bond acceptors (Lipinski definition) is 4. The number of aryl methyl sites for hydroxylation is 1. The average molecular weight is 265 g/mol. The number of carbonyl (C=O) groups excluding carboxylic acids is 1. The Morgan fingerprint density at radius 1 is 1.32 bits per heavy atom. The van der Waals surface area contributed by atoms with E-state index in [0.29, 0.717) is 19.4 Å². The largest absolute Gasteiger partial charge is 0.496 e. The van der Waals surface area contributed by atoms with Gasteiger partial charge in [0.2, 0.25) is 0 Å². The van der Waals surface area contributed by atoms with Gasteiger partial charge in [-0.25, -0.2) is 0 Å². The third-order valence-electron chi connectivity index (χ3n) is 2.83. The Labute approximate surface area is 115 Å². The highest BCUT2D eigenvalue weighted by atomic mass is 16.5. The van der Waals surface area contributed by atoms with Crippen molar-refractivity contribution >= 4 is 5.97 Å². The Hall–Kier alpha value is -1.55. The first kappa shape index (κ1) is 15.5. The molecule has 0 fully saturated rings. The number of benzene rings is 1. The highest BCUT2D eigenvalue weighted by Gasteiger charge is 2.08. The van der Waals surface area contributed by atoms with Crippen LogP contribution in [-0.4, -0.2) is 26.2 Å². The lowest BCUT2D eigenvalue weighted by Crippen LogP contribution is -2.12. The zero-order valence-corrected chi connectivity index (χ0v) is 12.0. The highest BCUT2D eigenvalue weighted by Crippen LogP contribution is 2.21. The molecule has 0 aliphatic heterocycles. The minimum atomic E-state index is -0.165. The third kappa shape index (κ3) is 5.30. The van der Waals surface area contributed by atoms with Crippen molar-refractivity contribution in [2.45, 2.75) is 33.2 Å². The molecule has 4 heteroatoms. The Bertz CT molecular complexity index is 404. The number of rotatable bonds is 8. The van der Waals surface area contributed by atoms with Crippen LogP contribution in [-0.2, 0) is 22.5 Å². The summed E-state index contributed by atoms with van der Waals surface area (Å²) >= 11 is 0. The fourth-order valence-corrected chi connectivity index (χ4v) is 1.88. The first-order valence-corrected chi connectivity index (χ1v) is 6.73. The number of methoxy groups -OCH3 is 1. The van der Waals surface area contributed by atoms with Gasteiger partial charge in [-0.1, -0.05) is 19.1 Å². The maximum absolute atomic E-state index is 11.4. The molecule has 19 heavy (non-hydrogen) atoms. The van der Waals surface area contributed by atoms with Gasteiger partial charge in [0.25, 0.3) is 0 Å². The summed E-state index contributed by atoms with van der Waals surface area (Å²) in [5.41, 5.74) is 2.24. The molecular formula is C15H23NO3. The van der Waals surface area contributed by atoms with E-state index in [-0.39, 0.29) is 5.97 Å². The van der Waals surface area contributed by atoms with Crippen molar-refractivity contribution in [3.05, 3.63) is 29.3 Å². The van der Waals surface area contributed by atoms with Gasteiger partial charge in [-0.2, -0.15) is 0 Å². The second-order valence-electron chi connectivity index (χ2n) is 4.23. The summed E-state index contributed by atoms with van der Waals surface area (Å²) in [6.07, 6.45) is 1.02. The molecule has 1 aromatic carbocycles. The molecule has 0 amide bonds. The van der Waals surface area contributed by atoms with Crippen molar-refractivity contribution in [2.75, 3.05) is 20.3 Å². The van der Waals surface area contributed by atoms with Crippen molar-refractivity contribution in [1.29, 1.82) is 0 Å². The minimum absolute atomic E-state index is 0.165. The first-order chi connectivity index (χ1) is 9.21. The molecule has 0 radical (unpaired) electrons. The van der Waals surface area contributed by atoms with E-state index in [4.69, 9.17) is 9.47 Å². The Morgan fingerprint density at radius 2 is 2.11 bits per heavy atom. The molecule has 0 heterocycles. The van der Waals surface area contributed by atoms with Gasteiger partial charge >= 0.3 is 5.97 Å². The smallest absolute Gasteiger partial charge is 0.306 e. The number of hydrogen-bond donors (Lipinski definition) is 1. The Kier molecular flexibility index (Phi) is 6.97. The van der Waals surface area contributed by atoms with Gasteiger partial charge in [0.1, 0.15) is 5.75 Å². The summed E-state index contributed by atoms with van der Waals surface area (Å²) in [5, 5.41) is 3.28. The molecule has 1 N–H and O–H groups in total. The van der Waals surface area contributed by atoms with Crippen LogP contribution in [0.25, 0.3) is 0 Å². The molecule has 0 aliphatic rings. The third-order valence-corrected chi connectivity index (χ3v) is 2.83. The molecule has 4 nitrogen and oxygen atoms in total. The van der Waals surface area contributed by atoms with Crippen LogP contribution in [0.15, 0.2) is 18.2 Å². The predicted octanol–water partition coefficient (Wildman–Crippen LogP) is 2.30. The summed E-state index contributed by atoms with van der Waals surface area (Å²) in [5.74, 6) is 0.659. The zero-order chi connectivity index (χ0) is 14.1. The normalized spacial score (nSPS) is 10.3. The van der Waals surface area contributed by atoms with Gasteiger partial charge in [-0.3, -0.25) is 4.79 Å². The summed E-state index contributed by atoms with van der Waals surface area (Å²) in [7, 11) is 1.65. The van der Waals surface area contributed by atoms with Crippen LogP contribution in [0.3, 0.4) is 0 Å². The molecule has 0 bridgehead atoms. The van der Waals surface area contributed by atoms with Gasteiger partial charge < -0.3 is 14.8 Å². The molecule has 1 rings (SSSR count).